The maximum Gasteiger partial charge on any atom is 0.137 e. The SMILES string of the molecule is CCNC(c1cc(F)c(Br)cc1F)C1CC1. The fourth-order valence-corrected chi connectivity index (χ4v) is 2.27. The molecule has 1 fully saturated rings. The van der Waals surface area contributed by atoms with Gasteiger partial charge in [-0.05, 0) is 53.4 Å². The number of halogens is 3. The Kier molecular flexibility index (Phi) is 3.60. The Morgan fingerprint density at radius 1 is 1.38 bits per heavy atom. The van der Waals surface area contributed by atoms with Crippen molar-refractivity contribution >= 4 is 15.9 Å². The Morgan fingerprint density at radius 2 is 2.06 bits per heavy atom. The summed E-state index contributed by atoms with van der Waals surface area (Å²) in [5, 5.41) is 3.23. The highest BCUT2D eigenvalue weighted by atomic mass is 79.9. The first-order valence-electron chi connectivity index (χ1n) is 5.51. The van der Waals surface area contributed by atoms with Crippen molar-refractivity contribution < 1.29 is 8.78 Å². The van der Waals surface area contributed by atoms with Crippen molar-refractivity contribution in [2.75, 3.05) is 6.54 Å². The van der Waals surface area contributed by atoms with Gasteiger partial charge in [0.05, 0.1) is 4.47 Å². The topological polar surface area (TPSA) is 12.0 Å². The number of hydrogen-bond acceptors (Lipinski definition) is 1. The summed E-state index contributed by atoms with van der Waals surface area (Å²) in [6, 6.07) is 2.45. The lowest BCUT2D eigenvalue weighted by Crippen LogP contribution is -2.23. The van der Waals surface area contributed by atoms with Gasteiger partial charge in [-0.3, -0.25) is 0 Å². The van der Waals surface area contributed by atoms with Crippen LogP contribution in [-0.2, 0) is 0 Å². The van der Waals surface area contributed by atoms with Crippen LogP contribution in [0.5, 0.6) is 0 Å². The van der Waals surface area contributed by atoms with Crippen LogP contribution in [-0.4, -0.2) is 6.54 Å². The number of hydrogen-bond donors (Lipinski definition) is 1. The van der Waals surface area contributed by atoms with Crippen LogP contribution in [0.15, 0.2) is 16.6 Å². The maximum absolute atomic E-state index is 13.8. The third-order valence-electron chi connectivity index (χ3n) is 2.89. The van der Waals surface area contributed by atoms with E-state index in [1.165, 1.54) is 12.1 Å². The van der Waals surface area contributed by atoms with Crippen molar-refractivity contribution in [1.29, 1.82) is 0 Å². The lowest BCUT2D eigenvalue weighted by atomic mass is 10.0. The Hall–Kier alpha value is -0.480. The highest BCUT2D eigenvalue weighted by Crippen LogP contribution is 2.42. The van der Waals surface area contributed by atoms with Crippen LogP contribution in [0.3, 0.4) is 0 Å². The first-order chi connectivity index (χ1) is 7.63. The van der Waals surface area contributed by atoms with Crippen LogP contribution in [0.1, 0.15) is 31.4 Å². The molecule has 0 heterocycles. The van der Waals surface area contributed by atoms with Crippen molar-refractivity contribution in [3.8, 4) is 0 Å². The first-order valence-corrected chi connectivity index (χ1v) is 6.30. The quantitative estimate of drug-likeness (QED) is 0.832. The Balaban J connectivity index is 2.32. The minimum Gasteiger partial charge on any atom is -0.310 e. The van der Waals surface area contributed by atoms with E-state index in [4.69, 9.17) is 0 Å². The Labute approximate surface area is 102 Å². The van der Waals surface area contributed by atoms with Gasteiger partial charge >= 0.3 is 0 Å². The molecule has 1 aliphatic rings. The molecule has 1 aromatic carbocycles. The fourth-order valence-electron chi connectivity index (χ4n) is 1.96. The van der Waals surface area contributed by atoms with E-state index >= 15 is 0 Å². The molecule has 1 N–H and O–H groups in total. The van der Waals surface area contributed by atoms with E-state index in [2.05, 4.69) is 21.2 Å². The first kappa shape index (κ1) is 12.0. The van der Waals surface area contributed by atoms with E-state index in [-0.39, 0.29) is 16.3 Å². The number of benzene rings is 1. The van der Waals surface area contributed by atoms with Crippen molar-refractivity contribution in [2.45, 2.75) is 25.8 Å². The monoisotopic (exact) mass is 289 g/mol. The highest BCUT2D eigenvalue weighted by molar-refractivity contribution is 9.10. The second kappa shape index (κ2) is 4.80. The van der Waals surface area contributed by atoms with Crippen LogP contribution >= 0.6 is 15.9 Å². The molecule has 88 valence electrons. The van der Waals surface area contributed by atoms with Gasteiger partial charge < -0.3 is 5.32 Å². The summed E-state index contributed by atoms with van der Waals surface area (Å²) >= 11 is 2.99. The largest absolute Gasteiger partial charge is 0.310 e. The zero-order chi connectivity index (χ0) is 11.7. The van der Waals surface area contributed by atoms with Crippen LogP contribution in [0.25, 0.3) is 0 Å². The number of nitrogens with one attached hydrogen (secondary N) is 1. The molecule has 4 heteroatoms. The predicted molar refractivity (Wildman–Crippen MR) is 63.2 cm³/mol. The van der Waals surface area contributed by atoms with Gasteiger partial charge in [-0.15, -0.1) is 0 Å². The summed E-state index contributed by atoms with van der Waals surface area (Å²) in [5.74, 6) is -0.291. The standard InChI is InChI=1S/C12H14BrF2N/c1-2-16-12(7-3-4-7)8-5-11(15)9(13)6-10(8)14/h5-7,12,16H,2-4H2,1H3. The van der Waals surface area contributed by atoms with E-state index in [9.17, 15) is 8.78 Å². The van der Waals surface area contributed by atoms with Crippen LogP contribution in [0, 0.1) is 17.6 Å². The molecule has 0 radical (unpaired) electrons. The minimum absolute atomic E-state index is 0.0485. The van der Waals surface area contributed by atoms with Gasteiger partial charge in [0.1, 0.15) is 11.6 Å². The third-order valence-corrected chi connectivity index (χ3v) is 3.50. The number of rotatable bonds is 4. The lowest BCUT2D eigenvalue weighted by molar-refractivity contribution is 0.463. The summed E-state index contributed by atoms with van der Waals surface area (Å²) in [6.07, 6.45) is 2.18. The molecule has 1 aliphatic carbocycles. The van der Waals surface area contributed by atoms with E-state index in [1.807, 2.05) is 6.92 Å². The lowest BCUT2D eigenvalue weighted by Gasteiger charge is -2.18. The van der Waals surface area contributed by atoms with Crippen LogP contribution in [0.4, 0.5) is 8.78 Å². The molecular weight excluding hydrogens is 276 g/mol. The summed E-state index contributed by atoms with van der Waals surface area (Å²) < 4.78 is 27.3. The smallest absolute Gasteiger partial charge is 0.137 e. The van der Waals surface area contributed by atoms with E-state index in [1.54, 1.807) is 0 Å². The molecule has 1 nitrogen and oxygen atoms in total. The van der Waals surface area contributed by atoms with Gasteiger partial charge in [0.25, 0.3) is 0 Å². The average Bonchev–Trinajstić information content (AvgIpc) is 3.04. The predicted octanol–water partition coefficient (Wildman–Crippen LogP) is 3.79. The zero-order valence-corrected chi connectivity index (χ0v) is 10.7. The van der Waals surface area contributed by atoms with E-state index in [0.717, 1.165) is 19.4 Å². The normalized spacial score (nSPS) is 17.5. The molecular formula is C12H14BrF2N. The molecule has 0 aromatic heterocycles. The fraction of sp³-hybridized carbons (Fsp3) is 0.500. The summed E-state index contributed by atoms with van der Waals surface area (Å²) in [6.45, 7) is 2.74. The molecule has 0 saturated heterocycles. The van der Waals surface area contributed by atoms with Gasteiger partial charge in [0.2, 0.25) is 0 Å². The molecule has 1 unspecified atom stereocenters. The molecule has 1 atom stereocenters. The van der Waals surface area contributed by atoms with Crippen molar-refractivity contribution in [3.63, 3.8) is 0 Å². The Morgan fingerprint density at radius 3 is 2.62 bits per heavy atom. The summed E-state index contributed by atoms with van der Waals surface area (Å²) in [4.78, 5) is 0. The molecule has 2 rings (SSSR count). The molecule has 0 spiro atoms. The Bertz CT molecular complexity index is 391. The van der Waals surface area contributed by atoms with E-state index in [0.29, 0.717) is 11.5 Å². The molecule has 1 aromatic rings. The summed E-state index contributed by atoms with van der Waals surface area (Å²) in [5.41, 5.74) is 0.449. The summed E-state index contributed by atoms with van der Waals surface area (Å²) in [7, 11) is 0. The molecule has 0 amide bonds. The average molecular weight is 290 g/mol. The van der Waals surface area contributed by atoms with Crippen molar-refractivity contribution in [1.82, 2.24) is 5.32 Å². The van der Waals surface area contributed by atoms with Gasteiger partial charge in [-0.25, -0.2) is 8.78 Å². The van der Waals surface area contributed by atoms with Crippen molar-refractivity contribution in [3.05, 3.63) is 33.8 Å². The van der Waals surface area contributed by atoms with Gasteiger partial charge in [0, 0.05) is 11.6 Å². The maximum atomic E-state index is 13.8. The second-order valence-corrected chi connectivity index (χ2v) is 5.01. The second-order valence-electron chi connectivity index (χ2n) is 4.16. The van der Waals surface area contributed by atoms with Crippen LogP contribution in [0.2, 0.25) is 0 Å². The minimum atomic E-state index is -0.403. The van der Waals surface area contributed by atoms with Gasteiger partial charge in [-0.2, -0.15) is 0 Å². The zero-order valence-electron chi connectivity index (χ0n) is 9.06. The molecule has 0 bridgehead atoms. The third kappa shape index (κ3) is 2.43. The molecule has 1 saturated carbocycles. The van der Waals surface area contributed by atoms with E-state index < -0.39 is 5.82 Å². The van der Waals surface area contributed by atoms with Gasteiger partial charge in [-0.1, -0.05) is 6.92 Å². The molecule has 0 aliphatic heterocycles. The molecule has 16 heavy (non-hydrogen) atoms. The van der Waals surface area contributed by atoms with Crippen molar-refractivity contribution in [2.24, 2.45) is 5.92 Å². The van der Waals surface area contributed by atoms with Gasteiger partial charge in [0.15, 0.2) is 0 Å². The highest BCUT2D eigenvalue weighted by Gasteiger charge is 2.33. The van der Waals surface area contributed by atoms with Crippen LogP contribution < -0.4 is 5.32 Å².